The maximum absolute atomic E-state index is 15.0. The van der Waals surface area contributed by atoms with Crippen LogP contribution in [-0.2, 0) is 0 Å². The van der Waals surface area contributed by atoms with Gasteiger partial charge in [0.2, 0.25) is 17.5 Å². The zero-order valence-corrected chi connectivity index (χ0v) is 50.6. The van der Waals surface area contributed by atoms with Crippen molar-refractivity contribution < 1.29 is 90.8 Å². The summed E-state index contributed by atoms with van der Waals surface area (Å²) in [6, 6.07) is -0.415. The SMILES string of the molecule is CCCCCCCCCCCCCCCCCC[NH+](C)C.CCCCCCCCCCCCCCCCCC[NH+](C)C.[O-]B([O-])c1cc(-c2c(F)c(F)c(F)c(F)c2F)c(-c2c(F)c(F)c(F)c(F)c2F)c(-c2c(F)c(F)c(F)c(F)c2F)c1O. The van der Waals surface area contributed by atoms with Gasteiger partial charge < -0.3 is 25.0 Å². The molecule has 0 saturated carbocycles. The van der Waals surface area contributed by atoms with Gasteiger partial charge in [-0.2, -0.15) is 0 Å². The average Bonchev–Trinajstić information content (AvgIpc) is 0.932. The minimum absolute atomic E-state index is 0.415. The second-order valence-corrected chi connectivity index (χ2v) is 22.8. The van der Waals surface area contributed by atoms with Crippen molar-refractivity contribution in [1.29, 1.82) is 0 Å². The van der Waals surface area contributed by atoms with Crippen LogP contribution in [0.1, 0.15) is 219 Å². The van der Waals surface area contributed by atoms with Crippen LogP contribution in [0, 0.1) is 87.3 Å². The second-order valence-electron chi connectivity index (χ2n) is 22.8. The fourth-order valence-corrected chi connectivity index (χ4v) is 10.1. The third-order valence-electron chi connectivity index (χ3n) is 15.0. The molecule has 4 aromatic rings. The van der Waals surface area contributed by atoms with Crippen LogP contribution in [-0.4, -0.2) is 53.5 Å². The molecular weight excluding hydrogens is 1140 g/mol. The monoisotopic (exact) mass is 1230 g/mol. The third kappa shape index (κ3) is 24.6. The van der Waals surface area contributed by atoms with Crippen molar-refractivity contribution >= 4 is 12.6 Å². The molecule has 4 aromatic carbocycles. The van der Waals surface area contributed by atoms with E-state index in [4.69, 9.17) is 0 Å². The summed E-state index contributed by atoms with van der Waals surface area (Å²) < 4.78 is 216. The summed E-state index contributed by atoms with van der Waals surface area (Å²) in [6.07, 6.45) is 46.8. The predicted molar refractivity (Wildman–Crippen MR) is 304 cm³/mol. The lowest BCUT2D eigenvalue weighted by molar-refractivity contribution is -0.858. The van der Waals surface area contributed by atoms with Gasteiger partial charge in [-0.05, 0) is 31.2 Å². The third-order valence-corrected chi connectivity index (χ3v) is 15.0. The molecule has 85 heavy (non-hydrogen) atoms. The van der Waals surface area contributed by atoms with Crippen LogP contribution in [0.2, 0.25) is 0 Å². The minimum Gasteiger partial charge on any atom is -0.889 e. The van der Waals surface area contributed by atoms with Crippen molar-refractivity contribution in [3.05, 3.63) is 93.3 Å². The standard InChI is InChI=1S/C24H2BF15O3.2C20H43N/c26-9-5(10(27)16(33)21(38)15(9)32)2-1-3(25(42)43)24(41)6(8-13(30)19(36)23(40)20(37)14(8)31)4(2)7-11(28)17(34)22(39)18(35)12(7)29;2*1-4-5-6-7-8-9-10-11-12-13-14-15-16-17-18-19-20-21(2)3/h1,41H;2*4-20H2,1-3H3/q-2;;/p+2. The predicted octanol–water partition coefficient (Wildman–Crippen LogP) is 15.7. The molecule has 0 spiro atoms. The van der Waals surface area contributed by atoms with E-state index in [2.05, 4.69) is 42.0 Å². The van der Waals surface area contributed by atoms with E-state index in [9.17, 15) is 72.2 Å². The second kappa shape index (κ2) is 41.6. The Morgan fingerprint density at radius 3 is 0.718 bits per heavy atom. The molecule has 0 radical (unpaired) electrons. The van der Waals surface area contributed by atoms with Crippen LogP contribution >= 0.6 is 0 Å². The van der Waals surface area contributed by atoms with E-state index in [-0.39, 0.29) is 0 Å². The topological polar surface area (TPSA) is 75.2 Å². The van der Waals surface area contributed by atoms with Gasteiger partial charge >= 0.3 is 0 Å². The average molecular weight is 1230 g/mol. The summed E-state index contributed by atoms with van der Waals surface area (Å²) in [6.45, 7) is 7.28. The quantitative estimate of drug-likeness (QED) is 0.0138. The van der Waals surface area contributed by atoms with Gasteiger partial charge in [0.1, 0.15) is 5.75 Å². The molecule has 0 atom stereocenters. The zero-order chi connectivity index (χ0) is 63.8. The molecule has 4 rings (SSSR count). The number of hydrogen-bond acceptors (Lipinski definition) is 3. The van der Waals surface area contributed by atoms with Crippen molar-refractivity contribution in [1.82, 2.24) is 0 Å². The van der Waals surface area contributed by atoms with Gasteiger partial charge in [-0.15, -0.1) is 0 Å². The van der Waals surface area contributed by atoms with E-state index in [1.165, 1.54) is 219 Å². The first-order chi connectivity index (χ1) is 40.4. The van der Waals surface area contributed by atoms with Gasteiger partial charge in [-0.25, -0.2) is 65.9 Å². The van der Waals surface area contributed by atoms with E-state index in [1.54, 1.807) is 9.80 Å². The minimum atomic E-state index is -3.74. The molecule has 0 bridgehead atoms. The molecule has 0 aliphatic rings. The normalized spacial score (nSPS) is 11.4. The number of quaternary nitrogens is 2. The molecule has 0 saturated heterocycles. The van der Waals surface area contributed by atoms with Crippen LogP contribution < -0.4 is 25.3 Å². The molecule has 3 N–H and O–H groups in total. The van der Waals surface area contributed by atoms with Crippen LogP contribution in [0.3, 0.4) is 0 Å². The molecule has 0 aliphatic heterocycles. The summed E-state index contributed by atoms with van der Waals surface area (Å²) in [5.74, 6) is -47.1. The Morgan fingerprint density at radius 1 is 0.294 bits per heavy atom. The number of unbranched alkanes of at least 4 members (excludes halogenated alkanes) is 30. The van der Waals surface area contributed by atoms with E-state index >= 15 is 8.78 Å². The van der Waals surface area contributed by atoms with Crippen molar-refractivity contribution in [3.63, 3.8) is 0 Å². The van der Waals surface area contributed by atoms with E-state index in [1.807, 2.05) is 0 Å². The Labute approximate surface area is 494 Å². The molecule has 0 amide bonds. The van der Waals surface area contributed by atoms with Gasteiger partial charge in [-0.3, -0.25) is 0 Å². The molecular formula is C64H90BF15N2O3. The summed E-state index contributed by atoms with van der Waals surface area (Å²) in [5, 5.41) is 34.0. The molecule has 0 unspecified atom stereocenters. The van der Waals surface area contributed by atoms with Crippen molar-refractivity contribution in [3.8, 4) is 39.1 Å². The van der Waals surface area contributed by atoms with E-state index in [0.717, 1.165) is 0 Å². The Morgan fingerprint density at radius 2 is 0.494 bits per heavy atom. The molecule has 5 nitrogen and oxygen atoms in total. The molecule has 21 heteroatoms. The number of phenolic OH excluding ortho intramolecular Hbond substituents is 1. The number of halogens is 15. The Hall–Kier alpha value is -4.47. The lowest BCUT2D eigenvalue weighted by atomic mass is 9.73. The zero-order valence-electron chi connectivity index (χ0n) is 50.6. The highest BCUT2D eigenvalue weighted by Crippen LogP contribution is 2.50. The van der Waals surface area contributed by atoms with Crippen LogP contribution in [0.15, 0.2) is 6.07 Å². The van der Waals surface area contributed by atoms with E-state index < -0.39 is 145 Å². The molecule has 0 aromatic heterocycles. The smallest absolute Gasteiger partial charge is 0.200 e. The van der Waals surface area contributed by atoms with Gasteiger partial charge in [0, 0.05) is 11.1 Å². The van der Waals surface area contributed by atoms with Gasteiger partial charge in [-0.1, -0.05) is 212 Å². The van der Waals surface area contributed by atoms with E-state index in [0.29, 0.717) is 0 Å². The first kappa shape index (κ1) is 76.6. The Balaban J connectivity index is 0.000000493. The van der Waals surface area contributed by atoms with Crippen molar-refractivity contribution in [2.45, 2.75) is 219 Å². The number of aromatic hydroxyl groups is 1. The summed E-state index contributed by atoms with van der Waals surface area (Å²) in [7, 11) is 5.28. The van der Waals surface area contributed by atoms with Crippen LogP contribution in [0.4, 0.5) is 65.9 Å². The fraction of sp³-hybridized carbons (Fsp3) is 0.625. The first-order valence-electron chi connectivity index (χ1n) is 30.8. The molecule has 0 fully saturated rings. The number of phenols is 1. The van der Waals surface area contributed by atoms with Crippen molar-refractivity contribution in [2.24, 2.45) is 0 Å². The summed E-state index contributed by atoms with van der Waals surface area (Å²) in [5.41, 5.74) is -16.6. The molecule has 482 valence electrons. The van der Waals surface area contributed by atoms with Gasteiger partial charge in [0.15, 0.2) is 69.8 Å². The van der Waals surface area contributed by atoms with Crippen molar-refractivity contribution in [2.75, 3.05) is 41.3 Å². The Kier molecular flexibility index (Phi) is 37.5. The fourth-order valence-electron chi connectivity index (χ4n) is 10.1. The first-order valence-corrected chi connectivity index (χ1v) is 30.8. The number of hydrogen-bond donors (Lipinski definition) is 3. The maximum Gasteiger partial charge on any atom is 0.200 e. The Bertz CT molecular complexity index is 2480. The lowest BCUT2D eigenvalue weighted by Gasteiger charge is -2.31. The van der Waals surface area contributed by atoms with Crippen LogP contribution in [0.25, 0.3) is 33.4 Å². The van der Waals surface area contributed by atoms with Crippen LogP contribution in [0.5, 0.6) is 5.75 Å². The van der Waals surface area contributed by atoms with Gasteiger partial charge in [0.05, 0.1) is 58.0 Å². The lowest BCUT2D eigenvalue weighted by Crippen LogP contribution is -3.05. The summed E-state index contributed by atoms with van der Waals surface area (Å²) in [4.78, 5) is 3.20. The number of nitrogens with one attached hydrogen (secondary N) is 2. The molecule has 0 aliphatic carbocycles. The highest BCUT2D eigenvalue weighted by Gasteiger charge is 2.38. The maximum atomic E-state index is 15.0. The highest BCUT2D eigenvalue weighted by atomic mass is 19.2. The summed E-state index contributed by atoms with van der Waals surface area (Å²) >= 11 is 0. The number of rotatable bonds is 38. The number of benzene rings is 4. The largest absolute Gasteiger partial charge is 0.889 e. The molecule has 0 heterocycles. The highest BCUT2D eigenvalue weighted by molar-refractivity contribution is 6.57. The van der Waals surface area contributed by atoms with Gasteiger partial charge in [0.25, 0.3) is 0 Å².